The van der Waals surface area contributed by atoms with Crippen molar-refractivity contribution in [2.75, 3.05) is 20.8 Å². The first-order chi connectivity index (χ1) is 14.1. The third-order valence-corrected chi connectivity index (χ3v) is 4.74. The molecule has 0 aliphatic heterocycles. The Kier molecular flexibility index (Phi) is 7.02. The van der Waals surface area contributed by atoms with Crippen LogP contribution in [0.2, 0.25) is 0 Å². The molecular formula is C21H23N3O4S. The van der Waals surface area contributed by atoms with Gasteiger partial charge in [0.25, 0.3) is 11.1 Å². The molecule has 0 spiro atoms. The number of ether oxygens (including phenoxy) is 3. The predicted octanol–water partition coefficient (Wildman–Crippen LogP) is 4.08. The maximum atomic E-state index is 12.1. The normalized spacial score (nSPS) is 10.4. The van der Waals surface area contributed by atoms with Crippen LogP contribution in [0.4, 0.5) is 0 Å². The molecule has 0 radical (unpaired) electrons. The summed E-state index contributed by atoms with van der Waals surface area (Å²) in [5, 5.41) is 3.25. The molecular weight excluding hydrogens is 390 g/mol. The Morgan fingerprint density at radius 2 is 1.97 bits per heavy atom. The highest BCUT2D eigenvalue weighted by Crippen LogP contribution is 2.33. The monoisotopic (exact) mass is 413 g/mol. The van der Waals surface area contributed by atoms with Gasteiger partial charge in [-0.05, 0) is 42.3 Å². The summed E-state index contributed by atoms with van der Waals surface area (Å²) in [6.07, 6.45) is 1.45. The Hall–Kier alpha value is -3.13. The minimum absolute atomic E-state index is 0.145. The summed E-state index contributed by atoms with van der Waals surface area (Å²) in [6.45, 7) is 2.63. The minimum Gasteiger partial charge on any atom is -0.497 e. The SMILES string of the molecule is CCCNC(=O)c1ccc(Oc2nc(Cc3cccc(OC)c3)ns2)c(OC)c1. The highest BCUT2D eigenvalue weighted by atomic mass is 32.1. The summed E-state index contributed by atoms with van der Waals surface area (Å²) < 4.78 is 20.8. The van der Waals surface area contributed by atoms with E-state index in [-0.39, 0.29) is 5.91 Å². The molecule has 0 saturated heterocycles. The molecule has 29 heavy (non-hydrogen) atoms. The number of rotatable bonds is 9. The number of nitrogens with one attached hydrogen (secondary N) is 1. The standard InChI is InChI=1S/C21H23N3O4S/c1-4-10-22-20(25)15-8-9-17(18(13-15)27-3)28-21-23-19(24-29-21)12-14-6-5-7-16(11-14)26-2/h5-9,11,13H,4,10,12H2,1-3H3,(H,22,25). The average molecular weight is 413 g/mol. The molecule has 1 heterocycles. The van der Waals surface area contributed by atoms with Crippen LogP contribution in [0.5, 0.6) is 22.4 Å². The van der Waals surface area contributed by atoms with Gasteiger partial charge in [-0.25, -0.2) is 0 Å². The predicted molar refractivity (Wildman–Crippen MR) is 111 cm³/mol. The van der Waals surface area contributed by atoms with Gasteiger partial charge in [0.2, 0.25) is 0 Å². The summed E-state index contributed by atoms with van der Waals surface area (Å²) in [5.41, 5.74) is 1.56. The van der Waals surface area contributed by atoms with Crippen molar-refractivity contribution in [1.29, 1.82) is 0 Å². The lowest BCUT2D eigenvalue weighted by Gasteiger charge is -2.10. The summed E-state index contributed by atoms with van der Waals surface area (Å²) in [5.74, 6) is 2.24. The van der Waals surface area contributed by atoms with Crippen LogP contribution in [-0.2, 0) is 6.42 Å². The zero-order valence-corrected chi connectivity index (χ0v) is 17.4. The van der Waals surface area contributed by atoms with Crippen molar-refractivity contribution in [2.24, 2.45) is 0 Å². The van der Waals surface area contributed by atoms with E-state index < -0.39 is 0 Å². The summed E-state index contributed by atoms with van der Waals surface area (Å²) in [6, 6.07) is 12.8. The van der Waals surface area contributed by atoms with E-state index in [1.807, 2.05) is 31.2 Å². The molecule has 0 aliphatic carbocycles. The van der Waals surface area contributed by atoms with E-state index in [9.17, 15) is 4.79 Å². The Morgan fingerprint density at radius 1 is 1.10 bits per heavy atom. The number of hydrogen-bond acceptors (Lipinski definition) is 7. The Morgan fingerprint density at radius 3 is 2.72 bits per heavy atom. The third kappa shape index (κ3) is 5.45. The van der Waals surface area contributed by atoms with Gasteiger partial charge in [-0.15, -0.1) is 0 Å². The van der Waals surface area contributed by atoms with Gasteiger partial charge in [0.05, 0.1) is 14.2 Å². The van der Waals surface area contributed by atoms with Crippen LogP contribution < -0.4 is 19.5 Å². The van der Waals surface area contributed by atoms with E-state index in [1.165, 1.54) is 7.11 Å². The molecule has 7 nitrogen and oxygen atoms in total. The molecule has 0 atom stereocenters. The molecule has 1 amide bonds. The van der Waals surface area contributed by atoms with Gasteiger partial charge < -0.3 is 19.5 Å². The zero-order valence-electron chi connectivity index (χ0n) is 16.6. The van der Waals surface area contributed by atoms with Gasteiger partial charge in [0.1, 0.15) is 5.75 Å². The van der Waals surface area contributed by atoms with Crippen molar-refractivity contribution >= 4 is 17.4 Å². The summed E-state index contributed by atoms with van der Waals surface area (Å²) in [4.78, 5) is 16.6. The van der Waals surface area contributed by atoms with Gasteiger partial charge in [-0.1, -0.05) is 19.1 Å². The molecule has 0 saturated carbocycles. The molecule has 0 aliphatic rings. The topological polar surface area (TPSA) is 82.6 Å². The maximum absolute atomic E-state index is 12.1. The molecule has 0 fully saturated rings. The van der Waals surface area contributed by atoms with Crippen LogP contribution in [0, 0.1) is 0 Å². The lowest BCUT2D eigenvalue weighted by atomic mass is 10.1. The number of hydrogen-bond donors (Lipinski definition) is 1. The first kappa shape index (κ1) is 20.6. The highest BCUT2D eigenvalue weighted by Gasteiger charge is 2.14. The van der Waals surface area contributed by atoms with E-state index in [1.54, 1.807) is 25.3 Å². The van der Waals surface area contributed by atoms with E-state index in [2.05, 4.69) is 14.7 Å². The molecule has 0 unspecified atom stereocenters. The number of methoxy groups -OCH3 is 2. The average Bonchev–Trinajstić information content (AvgIpc) is 3.19. The highest BCUT2D eigenvalue weighted by molar-refractivity contribution is 7.07. The van der Waals surface area contributed by atoms with Crippen LogP contribution in [0.3, 0.4) is 0 Å². The fourth-order valence-electron chi connectivity index (χ4n) is 2.64. The second kappa shape index (κ2) is 9.88. The molecule has 3 aromatic rings. The quantitative estimate of drug-likeness (QED) is 0.569. The smallest absolute Gasteiger partial charge is 0.298 e. The maximum Gasteiger partial charge on any atom is 0.298 e. The molecule has 152 valence electrons. The van der Waals surface area contributed by atoms with Gasteiger partial charge in [0.15, 0.2) is 17.3 Å². The van der Waals surface area contributed by atoms with Crippen LogP contribution in [-0.4, -0.2) is 36.0 Å². The van der Waals surface area contributed by atoms with Crippen molar-refractivity contribution in [2.45, 2.75) is 19.8 Å². The van der Waals surface area contributed by atoms with E-state index in [4.69, 9.17) is 14.2 Å². The largest absolute Gasteiger partial charge is 0.497 e. The second-order valence-corrected chi connectivity index (χ2v) is 6.94. The van der Waals surface area contributed by atoms with Gasteiger partial charge in [0, 0.05) is 30.1 Å². The number of benzene rings is 2. The van der Waals surface area contributed by atoms with Crippen molar-refractivity contribution in [3.8, 4) is 22.4 Å². The number of nitrogens with zero attached hydrogens (tertiary/aromatic N) is 2. The van der Waals surface area contributed by atoms with E-state index >= 15 is 0 Å². The first-order valence-electron chi connectivity index (χ1n) is 9.22. The van der Waals surface area contributed by atoms with Crippen LogP contribution in [0.15, 0.2) is 42.5 Å². The molecule has 2 aromatic carbocycles. The van der Waals surface area contributed by atoms with Gasteiger partial charge in [-0.2, -0.15) is 9.36 Å². The molecule has 3 rings (SSSR count). The third-order valence-electron chi connectivity index (χ3n) is 4.10. The fourth-order valence-corrected chi connectivity index (χ4v) is 3.21. The van der Waals surface area contributed by atoms with Crippen LogP contribution >= 0.6 is 11.5 Å². The van der Waals surface area contributed by atoms with E-state index in [0.717, 1.165) is 29.3 Å². The fraction of sp³-hybridized carbons (Fsp3) is 0.286. The lowest BCUT2D eigenvalue weighted by Crippen LogP contribution is -2.23. The Balaban J connectivity index is 1.70. The number of carbonyl (C=O) groups is 1. The Bertz CT molecular complexity index is 974. The van der Waals surface area contributed by atoms with Crippen LogP contribution in [0.1, 0.15) is 35.1 Å². The number of carbonyl (C=O) groups excluding carboxylic acids is 1. The van der Waals surface area contributed by atoms with Crippen molar-refractivity contribution in [1.82, 2.24) is 14.7 Å². The lowest BCUT2D eigenvalue weighted by molar-refractivity contribution is 0.0953. The molecule has 1 N–H and O–H groups in total. The zero-order chi connectivity index (χ0) is 20.6. The molecule has 0 bridgehead atoms. The summed E-state index contributed by atoms with van der Waals surface area (Å²) in [7, 11) is 3.17. The minimum atomic E-state index is -0.145. The van der Waals surface area contributed by atoms with E-state index in [0.29, 0.717) is 41.0 Å². The first-order valence-corrected chi connectivity index (χ1v) is 10.00. The van der Waals surface area contributed by atoms with Gasteiger partial charge >= 0.3 is 0 Å². The van der Waals surface area contributed by atoms with Crippen LogP contribution in [0.25, 0.3) is 0 Å². The molecule has 8 heteroatoms. The summed E-state index contributed by atoms with van der Waals surface area (Å²) >= 11 is 1.16. The number of amides is 1. The Labute approximate surface area is 173 Å². The second-order valence-electron chi connectivity index (χ2n) is 6.23. The van der Waals surface area contributed by atoms with Crippen molar-refractivity contribution in [3.63, 3.8) is 0 Å². The van der Waals surface area contributed by atoms with Crippen molar-refractivity contribution in [3.05, 3.63) is 59.4 Å². The molecule has 1 aromatic heterocycles. The number of aromatic nitrogens is 2. The van der Waals surface area contributed by atoms with Gasteiger partial charge in [-0.3, -0.25) is 4.79 Å². The van der Waals surface area contributed by atoms with Crippen molar-refractivity contribution < 1.29 is 19.0 Å².